The molecule has 1 aromatic heterocycles. The van der Waals surface area contributed by atoms with E-state index in [0.717, 1.165) is 11.1 Å². The van der Waals surface area contributed by atoms with Gasteiger partial charge in [-0.15, -0.1) is 11.3 Å². The molecule has 21 heavy (non-hydrogen) atoms. The second kappa shape index (κ2) is 7.04. The van der Waals surface area contributed by atoms with Crippen LogP contribution in [0.4, 0.5) is 0 Å². The molecule has 0 aliphatic heterocycles. The summed E-state index contributed by atoms with van der Waals surface area (Å²) < 4.78 is 5.03. The predicted octanol–water partition coefficient (Wildman–Crippen LogP) is 3.09. The van der Waals surface area contributed by atoms with E-state index in [1.807, 2.05) is 55.6 Å². The Labute approximate surface area is 127 Å². The van der Waals surface area contributed by atoms with E-state index in [4.69, 9.17) is 4.74 Å². The molecular formula is C16H17NO3S. The average Bonchev–Trinajstić information content (AvgIpc) is 2.92. The van der Waals surface area contributed by atoms with Crippen LogP contribution in [0.5, 0.6) is 0 Å². The summed E-state index contributed by atoms with van der Waals surface area (Å²) in [6, 6.07) is 11.3. The summed E-state index contributed by atoms with van der Waals surface area (Å²) >= 11 is 1.31. The first-order chi connectivity index (χ1) is 10.1. The van der Waals surface area contributed by atoms with Crippen LogP contribution in [0.25, 0.3) is 0 Å². The minimum atomic E-state index is -0.454. The molecule has 1 amide bonds. The van der Waals surface area contributed by atoms with Crippen molar-refractivity contribution < 1.29 is 14.3 Å². The van der Waals surface area contributed by atoms with Crippen LogP contribution in [0, 0.1) is 6.92 Å². The molecule has 1 atom stereocenters. The zero-order valence-electron chi connectivity index (χ0n) is 12.0. The molecule has 1 N–H and O–H groups in total. The Morgan fingerprint density at radius 2 is 1.95 bits per heavy atom. The van der Waals surface area contributed by atoms with Gasteiger partial charge in [0.05, 0.1) is 6.04 Å². The topological polar surface area (TPSA) is 55.4 Å². The first kappa shape index (κ1) is 15.3. The molecule has 1 aromatic carbocycles. The van der Waals surface area contributed by atoms with Crippen molar-refractivity contribution in [3.8, 4) is 0 Å². The number of ether oxygens (including phenoxy) is 1. The van der Waals surface area contributed by atoms with Crippen LogP contribution in [0.1, 0.15) is 33.8 Å². The molecule has 5 heteroatoms. The lowest BCUT2D eigenvalue weighted by Gasteiger charge is -2.14. The molecule has 1 heterocycles. The van der Waals surface area contributed by atoms with Crippen molar-refractivity contribution >= 4 is 23.2 Å². The predicted molar refractivity (Wildman–Crippen MR) is 82.3 cm³/mol. The summed E-state index contributed by atoms with van der Waals surface area (Å²) in [5.74, 6) is -0.765. The standard InChI is InChI=1S/C16H17NO3S/c1-11-8-9-21-15(11)16(19)20-10-14(18)17-12(2)13-6-4-3-5-7-13/h3-9,12H,10H2,1-2H3,(H,17,18)/t12-/m0/s1. The highest BCUT2D eigenvalue weighted by Crippen LogP contribution is 2.16. The number of thiophene rings is 1. The Morgan fingerprint density at radius 1 is 1.24 bits per heavy atom. The normalized spacial score (nSPS) is 11.7. The van der Waals surface area contributed by atoms with Crippen molar-refractivity contribution in [1.29, 1.82) is 0 Å². The van der Waals surface area contributed by atoms with Gasteiger partial charge in [0.1, 0.15) is 4.88 Å². The Hall–Kier alpha value is -2.14. The Morgan fingerprint density at radius 3 is 2.57 bits per heavy atom. The summed E-state index contributed by atoms with van der Waals surface area (Å²) in [4.78, 5) is 24.1. The first-order valence-electron chi connectivity index (χ1n) is 6.63. The van der Waals surface area contributed by atoms with E-state index < -0.39 is 5.97 Å². The molecule has 4 nitrogen and oxygen atoms in total. The highest BCUT2D eigenvalue weighted by atomic mass is 32.1. The van der Waals surface area contributed by atoms with E-state index >= 15 is 0 Å². The molecular weight excluding hydrogens is 286 g/mol. The lowest BCUT2D eigenvalue weighted by molar-refractivity contribution is -0.124. The summed E-state index contributed by atoms with van der Waals surface area (Å²) in [5, 5.41) is 4.62. The van der Waals surface area contributed by atoms with Crippen molar-refractivity contribution in [1.82, 2.24) is 5.32 Å². The van der Waals surface area contributed by atoms with Gasteiger partial charge in [-0.1, -0.05) is 30.3 Å². The maximum absolute atomic E-state index is 11.8. The quantitative estimate of drug-likeness (QED) is 0.864. The Kier molecular flexibility index (Phi) is 5.11. The van der Waals surface area contributed by atoms with Gasteiger partial charge < -0.3 is 10.1 Å². The van der Waals surface area contributed by atoms with E-state index in [-0.39, 0.29) is 18.6 Å². The summed E-state index contributed by atoms with van der Waals surface area (Å²) in [6.07, 6.45) is 0. The molecule has 0 saturated carbocycles. The fourth-order valence-corrected chi connectivity index (χ4v) is 2.70. The maximum atomic E-state index is 11.8. The van der Waals surface area contributed by atoms with Gasteiger partial charge in [0.15, 0.2) is 6.61 Å². The van der Waals surface area contributed by atoms with Crippen molar-refractivity contribution in [2.24, 2.45) is 0 Å². The molecule has 0 radical (unpaired) electrons. The van der Waals surface area contributed by atoms with E-state index in [1.54, 1.807) is 0 Å². The largest absolute Gasteiger partial charge is 0.451 e. The third-order valence-corrected chi connectivity index (χ3v) is 4.06. The van der Waals surface area contributed by atoms with Crippen LogP contribution in [0.3, 0.4) is 0 Å². The monoisotopic (exact) mass is 303 g/mol. The molecule has 0 saturated heterocycles. The lowest BCUT2D eigenvalue weighted by Crippen LogP contribution is -2.31. The van der Waals surface area contributed by atoms with Crippen molar-refractivity contribution in [3.05, 3.63) is 57.8 Å². The second-order valence-electron chi connectivity index (χ2n) is 4.71. The van der Waals surface area contributed by atoms with Crippen LogP contribution in [0.2, 0.25) is 0 Å². The van der Waals surface area contributed by atoms with Crippen molar-refractivity contribution in [2.75, 3.05) is 6.61 Å². The third-order valence-electron chi connectivity index (χ3n) is 3.06. The number of rotatable bonds is 5. The third kappa shape index (κ3) is 4.16. The number of esters is 1. The molecule has 0 bridgehead atoms. The van der Waals surface area contributed by atoms with Gasteiger partial charge in [-0.25, -0.2) is 4.79 Å². The zero-order valence-corrected chi connectivity index (χ0v) is 12.8. The number of hydrogen-bond donors (Lipinski definition) is 1. The molecule has 110 valence electrons. The van der Waals surface area contributed by atoms with Crippen LogP contribution < -0.4 is 5.32 Å². The minimum Gasteiger partial charge on any atom is -0.451 e. The second-order valence-corrected chi connectivity index (χ2v) is 5.62. The number of nitrogens with one attached hydrogen (secondary N) is 1. The van der Waals surface area contributed by atoms with Gasteiger partial charge in [-0.2, -0.15) is 0 Å². The summed E-state index contributed by atoms with van der Waals surface area (Å²) in [6.45, 7) is 3.45. The van der Waals surface area contributed by atoms with E-state index in [9.17, 15) is 9.59 Å². The summed E-state index contributed by atoms with van der Waals surface area (Å²) in [5.41, 5.74) is 1.87. The van der Waals surface area contributed by atoms with Gasteiger partial charge in [0, 0.05) is 0 Å². The SMILES string of the molecule is Cc1ccsc1C(=O)OCC(=O)N[C@@H](C)c1ccccc1. The van der Waals surface area contributed by atoms with Gasteiger partial charge in [0.2, 0.25) is 0 Å². The smallest absolute Gasteiger partial charge is 0.349 e. The van der Waals surface area contributed by atoms with Crippen molar-refractivity contribution in [2.45, 2.75) is 19.9 Å². The molecule has 0 fully saturated rings. The minimum absolute atomic E-state index is 0.124. The van der Waals surface area contributed by atoms with Crippen molar-refractivity contribution in [3.63, 3.8) is 0 Å². The first-order valence-corrected chi connectivity index (χ1v) is 7.51. The molecule has 0 aliphatic carbocycles. The molecule has 2 rings (SSSR count). The van der Waals surface area contributed by atoms with Crippen LogP contribution in [-0.4, -0.2) is 18.5 Å². The van der Waals surface area contributed by atoms with Gasteiger partial charge in [-0.05, 0) is 36.4 Å². The summed E-state index contributed by atoms with van der Waals surface area (Å²) in [7, 11) is 0. The highest BCUT2D eigenvalue weighted by molar-refractivity contribution is 7.12. The van der Waals surface area contributed by atoms with Crippen LogP contribution in [-0.2, 0) is 9.53 Å². The molecule has 0 spiro atoms. The highest BCUT2D eigenvalue weighted by Gasteiger charge is 2.15. The fourth-order valence-electron chi connectivity index (χ4n) is 1.89. The Bertz CT molecular complexity index is 621. The Balaban J connectivity index is 1.83. The number of carbonyl (C=O) groups is 2. The van der Waals surface area contributed by atoms with Crippen LogP contribution in [0.15, 0.2) is 41.8 Å². The van der Waals surface area contributed by atoms with Gasteiger partial charge in [-0.3, -0.25) is 4.79 Å². The van der Waals surface area contributed by atoms with Gasteiger partial charge >= 0.3 is 5.97 Å². The number of hydrogen-bond acceptors (Lipinski definition) is 4. The van der Waals surface area contributed by atoms with Crippen LogP contribution >= 0.6 is 11.3 Å². The van der Waals surface area contributed by atoms with E-state index in [1.165, 1.54) is 11.3 Å². The average molecular weight is 303 g/mol. The zero-order chi connectivity index (χ0) is 15.2. The number of carbonyl (C=O) groups excluding carboxylic acids is 2. The van der Waals surface area contributed by atoms with E-state index in [0.29, 0.717) is 4.88 Å². The number of benzene rings is 1. The fraction of sp³-hybridized carbons (Fsp3) is 0.250. The maximum Gasteiger partial charge on any atom is 0.349 e. The number of amides is 1. The molecule has 2 aromatic rings. The van der Waals surface area contributed by atoms with Gasteiger partial charge in [0.25, 0.3) is 5.91 Å². The molecule has 0 aliphatic rings. The number of aryl methyl sites for hydroxylation is 1. The van der Waals surface area contributed by atoms with E-state index in [2.05, 4.69) is 5.32 Å². The lowest BCUT2D eigenvalue weighted by atomic mass is 10.1. The molecule has 0 unspecified atom stereocenters.